The summed E-state index contributed by atoms with van der Waals surface area (Å²) in [5, 5.41) is 6.90. The van der Waals surface area contributed by atoms with Gasteiger partial charge in [-0.1, -0.05) is 5.92 Å². The molecule has 0 amide bonds. The summed E-state index contributed by atoms with van der Waals surface area (Å²) in [6.45, 7) is 1.91. The van der Waals surface area contributed by atoms with E-state index >= 15 is 0 Å². The van der Waals surface area contributed by atoms with E-state index in [4.69, 9.17) is 18.6 Å². The van der Waals surface area contributed by atoms with Crippen molar-refractivity contribution >= 4 is 17.3 Å². The molecule has 12 heavy (non-hydrogen) atoms. The van der Waals surface area contributed by atoms with Crippen molar-refractivity contribution in [1.82, 2.24) is 10.6 Å². The van der Waals surface area contributed by atoms with Crippen LogP contribution >= 0.6 is 12.2 Å². The molecular weight excluding hydrogens is 168 g/mol. The van der Waals surface area contributed by atoms with Gasteiger partial charge in [-0.2, -0.15) is 0 Å². The monoisotopic (exact) mass is 182 g/mol. The first kappa shape index (κ1) is 9.34. The molecule has 2 nitrogen and oxygen atoms in total. The van der Waals surface area contributed by atoms with Gasteiger partial charge < -0.3 is 10.6 Å². The molecule has 1 unspecified atom stereocenters. The van der Waals surface area contributed by atoms with Gasteiger partial charge in [-0.05, 0) is 38.4 Å². The maximum absolute atomic E-state index is 5.20. The predicted octanol–water partition coefficient (Wildman–Crippen LogP) is 1.02. The summed E-state index contributed by atoms with van der Waals surface area (Å²) in [4.78, 5) is 0. The molecule has 1 rings (SSSR count). The molecule has 1 aliphatic rings. The van der Waals surface area contributed by atoms with Crippen LogP contribution < -0.4 is 10.6 Å². The maximum atomic E-state index is 5.20. The van der Waals surface area contributed by atoms with Gasteiger partial charge in [0.15, 0.2) is 5.11 Å². The largest absolute Gasteiger partial charge is 0.360 e. The highest BCUT2D eigenvalue weighted by Crippen LogP contribution is 2.17. The lowest BCUT2D eigenvalue weighted by atomic mass is 9.93. The van der Waals surface area contributed by atoms with Crippen molar-refractivity contribution in [2.24, 2.45) is 0 Å². The van der Waals surface area contributed by atoms with E-state index in [9.17, 15) is 0 Å². The molecule has 0 aliphatic heterocycles. The van der Waals surface area contributed by atoms with Gasteiger partial charge in [-0.25, -0.2) is 0 Å². The first-order valence-electron chi connectivity index (χ1n) is 4.25. The van der Waals surface area contributed by atoms with E-state index in [1.165, 1.54) is 19.3 Å². The average Bonchev–Trinajstić information content (AvgIpc) is 1.97. The highest BCUT2D eigenvalue weighted by Gasteiger charge is 2.17. The van der Waals surface area contributed by atoms with E-state index in [0.717, 1.165) is 0 Å². The van der Waals surface area contributed by atoms with Gasteiger partial charge in [0.1, 0.15) is 0 Å². The smallest absolute Gasteiger partial charge is 0.167 e. The minimum Gasteiger partial charge on any atom is -0.360 e. The Kier molecular flexibility index (Phi) is 3.36. The fourth-order valence-electron chi connectivity index (χ4n) is 1.02. The van der Waals surface area contributed by atoms with E-state index in [1.54, 1.807) is 0 Å². The van der Waals surface area contributed by atoms with Gasteiger partial charge >= 0.3 is 0 Å². The molecule has 0 heterocycles. The highest BCUT2D eigenvalue weighted by molar-refractivity contribution is 7.80. The van der Waals surface area contributed by atoms with Crippen LogP contribution in [0, 0.1) is 12.3 Å². The molecule has 0 saturated heterocycles. The number of thiocarbonyl (C=S) groups is 1. The summed E-state index contributed by atoms with van der Waals surface area (Å²) >= 11 is 5.06. The third-order valence-electron chi connectivity index (χ3n) is 2.04. The number of hydrogen-bond donors (Lipinski definition) is 2. The van der Waals surface area contributed by atoms with Gasteiger partial charge in [0.05, 0.1) is 6.04 Å². The fraction of sp³-hybridized carbons (Fsp3) is 0.667. The molecule has 0 bridgehead atoms. The summed E-state index contributed by atoms with van der Waals surface area (Å²) in [5.41, 5.74) is 0. The Morgan fingerprint density at radius 3 is 2.75 bits per heavy atom. The lowest BCUT2D eigenvalue weighted by molar-refractivity contribution is 0.381. The zero-order chi connectivity index (χ0) is 8.97. The Labute approximate surface area is 79.1 Å². The second kappa shape index (κ2) is 4.32. The Bertz CT molecular complexity index is 203. The number of terminal acetylenes is 1. The lowest BCUT2D eigenvalue weighted by Crippen LogP contribution is -2.47. The minimum atomic E-state index is 0.0186. The van der Waals surface area contributed by atoms with Crippen LogP contribution in [0.25, 0.3) is 0 Å². The summed E-state index contributed by atoms with van der Waals surface area (Å²) < 4.78 is 0. The number of nitrogens with one attached hydrogen (secondary N) is 2. The summed E-state index contributed by atoms with van der Waals surface area (Å²) in [5.74, 6) is 2.57. The SMILES string of the molecule is C#CC(C)NC(=S)NC1CCC1. The zero-order valence-corrected chi connectivity index (χ0v) is 8.08. The van der Waals surface area contributed by atoms with Crippen LogP contribution in [0.1, 0.15) is 26.2 Å². The summed E-state index contributed by atoms with van der Waals surface area (Å²) in [6.07, 6.45) is 8.97. The Morgan fingerprint density at radius 2 is 2.33 bits per heavy atom. The van der Waals surface area contributed by atoms with Gasteiger partial charge in [0.25, 0.3) is 0 Å². The average molecular weight is 182 g/mol. The molecule has 0 aromatic rings. The number of rotatable bonds is 2. The molecule has 1 fully saturated rings. The van der Waals surface area contributed by atoms with Crippen molar-refractivity contribution in [3.8, 4) is 12.3 Å². The topological polar surface area (TPSA) is 24.1 Å². The predicted molar refractivity (Wildman–Crippen MR) is 54.8 cm³/mol. The van der Waals surface area contributed by atoms with Crippen molar-refractivity contribution in [2.75, 3.05) is 0 Å². The number of hydrogen-bond acceptors (Lipinski definition) is 1. The van der Waals surface area contributed by atoms with Crippen LogP contribution in [0.3, 0.4) is 0 Å². The first-order valence-corrected chi connectivity index (χ1v) is 4.66. The molecule has 3 heteroatoms. The third kappa shape index (κ3) is 2.71. The van der Waals surface area contributed by atoms with Gasteiger partial charge in [0.2, 0.25) is 0 Å². The van der Waals surface area contributed by atoms with Gasteiger partial charge in [0, 0.05) is 6.04 Å². The molecule has 66 valence electrons. The quantitative estimate of drug-likeness (QED) is 0.492. The van der Waals surface area contributed by atoms with Crippen LogP contribution in [-0.2, 0) is 0 Å². The molecule has 0 radical (unpaired) electrons. The summed E-state index contributed by atoms with van der Waals surface area (Å²) in [6, 6.07) is 0.597. The van der Waals surface area contributed by atoms with Crippen LogP contribution in [0.2, 0.25) is 0 Å². The Hall–Kier alpha value is -0.750. The van der Waals surface area contributed by atoms with Crippen molar-refractivity contribution in [3.05, 3.63) is 0 Å². The molecule has 1 saturated carbocycles. The van der Waals surface area contributed by atoms with Crippen molar-refractivity contribution in [1.29, 1.82) is 0 Å². The second-order valence-electron chi connectivity index (χ2n) is 3.13. The molecule has 2 N–H and O–H groups in total. The van der Waals surface area contributed by atoms with Gasteiger partial charge in [-0.15, -0.1) is 6.42 Å². The van der Waals surface area contributed by atoms with Crippen LogP contribution in [0.5, 0.6) is 0 Å². The van der Waals surface area contributed by atoms with Crippen molar-refractivity contribution in [3.63, 3.8) is 0 Å². The summed E-state index contributed by atoms with van der Waals surface area (Å²) in [7, 11) is 0. The highest BCUT2D eigenvalue weighted by atomic mass is 32.1. The standard InChI is InChI=1S/C9H14N2S/c1-3-7(2)10-9(12)11-8-5-4-6-8/h1,7-8H,4-6H2,2H3,(H2,10,11,12). The zero-order valence-electron chi connectivity index (χ0n) is 7.26. The van der Waals surface area contributed by atoms with Crippen molar-refractivity contribution < 1.29 is 0 Å². The third-order valence-corrected chi connectivity index (χ3v) is 2.27. The van der Waals surface area contributed by atoms with E-state index < -0.39 is 0 Å². The normalized spacial score (nSPS) is 18.7. The van der Waals surface area contributed by atoms with Crippen LogP contribution in [-0.4, -0.2) is 17.2 Å². The molecule has 1 aliphatic carbocycles. The molecule has 0 aromatic heterocycles. The van der Waals surface area contributed by atoms with E-state index in [-0.39, 0.29) is 6.04 Å². The van der Waals surface area contributed by atoms with E-state index in [2.05, 4.69) is 16.6 Å². The van der Waals surface area contributed by atoms with Crippen molar-refractivity contribution in [2.45, 2.75) is 38.3 Å². The van der Waals surface area contributed by atoms with E-state index in [1.807, 2.05) is 6.92 Å². The molecule has 0 spiro atoms. The molecule has 0 aromatic carbocycles. The van der Waals surface area contributed by atoms with E-state index in [0.29, 0.717) is 11.2 Å². The molecular formula is C9H14N2S. The first-order chi connectivity index (χ1) is 5.72. The second-order valence-corrected chi connectivity index (χ2v) is 3.54. The van der Waals surface area contributed by atoms with Crippen LogP contribution in [0.15, 0.2) is 0 Å². The maximum Gasteiger partial charge on any atom is 0.167 e. The fourth-order valence-corrected chi connectivity index (χ4v) is 1.36. The Balaban J connectivity index is 2.15. The minimum absolute atomic E-state index is 0.0186. The van der Waals surface area contributed by atoms with Crippen LogP contribution in [0.4, 0.5) is 0 Å². The van der Waals surface area contributed by atoms with Gasteiger partial charge in [-0.3, -0.25) is 0 Å². The Morgan fingerprint density at radius 1 is 1.67 bits per heavy atom. The molecule has 1 atom stereocenters. The lowest BCUT2D eigenvalue weighted by Gasteiger charge is -2.28.